The van der Waals surface area contributed by atoms with Gasteiger partial charge in [0.25, 0.3) is 0 Å². The van der Waals surface area contributed by atoms with E-state index < -0.39 is 0 Å². The van der Waals surface area contributed by atoms with E-state index in [2.05, 4.69) is 289 Å². The van der Waals surface area contributed by atoms with Gasteiger partial charge in [-0.05, 0) is 92.6 Å². The van der Waals surface area contributed by atoms with Crippen LogP contribution in [0.3, 0.4) is 0 Å². The maximum absolute atomic E-state index is 5.67. The van der Waals surface area contributed by atoms with Crippen molar-refractivity contribution in [1.82, 2.24) is 60.4 Å². The summed E-state index contributed by atoms with van der Waals surface area (Å²) >= 11 is 1.87. The lowest BCUT2D eigenvalue weighted by molar-refractivity contribution is 0.299. The number of aryl methyl sites for hydroxylation is 4. The van der Waals surface area contributed by atoms with Crippen LogP contribution in [0.1, 0.15) is 441 Å². The first-order valence-corrected chi connectivity index (χ1v) is 42.0. The van der Waals surface area contributed by atoms with E-state index >= 15 is 0 Å². The number of nitrogens with zero attached hydrogens (tertiary/aromatic N) is 8. The zero-order chi connectivity index (χ0) is 83.3. The van der Waals surface area contributed by atoms with E-state index in [1.165, 1.54) is 98.5 Å². The molecule has 8 aromatic heterocycles. The summed E-state index contributed by atoms with van der Waals surface area (Å²) in [6.45, 7) is 96.5. The zero-order valence-corrected chi connectivity index (χ0v) is 78.0. The first kappa shape index (κ1) is 92.7. The number of rotatable bonds is 0. The SMILES string of the molecule is CC.CC.CC.CC.CC1(C)CC(C)(C)c2[nH]cnc21.CC1(C)CC(C)(C)c2[nH]cnc21.CC1(C)CC(C)(C)c2[nH]ncc21.CC1(C)CC(C)(C)c2[nH]ncc21.Cc1nc2c(o1)C(C)(C)CC2(C)C.Cc1nc2c(o1)C(C)(C)CC2(C)C.Cc1nc2c(s1)C(C)(C)CC2(C)C.Cc1noc2c1C(C)(C)CC2(C)C. The van der Waals surface area contributed by atoms with Crippen molar-refractivity contribution in [2.75, 3.05) is 0 Å². The molecule has 16 heteroatoms. The molecule has 0 saturated carbocycles. The second-order valence-electron chi connectivity index (χ2n) is 41.8. The number of H-pyrrole nitrogens is 4. The summed E-state index contributed by atoms with van der Waals surface area (Å²) < 4.78 is 16.7. The molecule has 0 aliphatic heterocycles. The Morgan fingerprint density at radius 3 is 0.935 bits per heavy atom. The highest BCUT2D eigenvalue weighted by molar-refractivity contribution is 7.11. The van der Waals surface area contributed by atoms with Crippen LogP contribution in [0.5, 0.6) is 0 Å². The number of thiazole rings is 1. The Morgan fingerprint density at radius 1 is 0.315 bits per heavy atom. The number of nitrogens with one attached hydrogen (secondary N) is 4. The second kappa shape index (κ2) is 31.9. The van der Waals surface area contributed by atoms with Gasteiger partial charge >= 0.3 is 0 Å². The molecule has 4 N–H and O–H groups in total. The Labute approximate surface area is 661 Å². The Bertz CT molecular complexity index is 3600. The third kappa shape index (κ3) is 19.1. The number of imidazole rings is 2. The van der Waals surface area contributed by atoms with Crippen LogP contribution >= 0.6 is 11.3 Å². The van der Waals surface area contributed by atoms with Gasteiger partial charge in [0, 0.05) is 117 Å². The summed E-state index contributed by atoms with van der Waals surface area (Å²) in [5.74, 6) is 4.87. The second-order valence-corrected chi connectivity index (χ2v) is 43.0. The van der Waals surface area contributed by atoms with Crippen LogP contribution < -0.4 is 0 Å². The molecule has 8 aromatic rings. The summed E-state index contributed by atoms with van der Waals surface area (Å²) in [5.41, 5.74) is 20.5. The zero-order valence-electron chi connectivity index (χ0n) is 77.2. The third-order valence-corrected chi connectivity index (χ3v) is 24.5. The van der Waals surface area contributed by atoms with Gasteiger partial charge in [-0.3, -0.25) is 10.2 Å². The first-order chi connectivity index (χ1) is 49.1. The quantitative estimate of drug-likeness (QED) is 0.112. The highest BCUT2D eigenvalue weighted by atomic mass is 32.1. The summed E-state index contributed by atoms with van der Waals surface area (Å²) in [5, 5.41) is 19.7. The van der Waals surface area contributed by atoms with Crippen molar-refractivity contribution >= 4 is 11.3 Å². The van der Waals surface area contributed by atoms with Crippen molar-refractivity contribution in [3.63, 3.8) is 0 Å². The molecule has 8 heterocycles. The van der Waals surface area contributed by atoms with Crippen LogP contribution in [0.25, 0.3) is 0 Å². The van der Waals surface area contributed by atoms with Crippen LogP contribution in [0.2, 0.25) is 0 Å². The monoisotopic (exact) mass is 1510 g/mol. The molecule has 0 amide bonds. The lowest BCUT2D eigenvalue weighted by Gasteiger charge is -2.22. The minimum atomic E-state index is 0.153. The van der Waals surface area contributed by atoms with Crippen molar-refractivity contribution in [2.24, 2.45) is 0 Å². The molecule has 15 nitrogen and oxygen atoms in total. The molecule has 0 aromatic carbocycles. The van der Waals surface area contributed by atoms with E-state index in [1.807, 2.05) is 113 Å². The molecule has 0 atom stereocenters. The van der Waals surface area contributed by atoms with Crippen LogP contribution in [-0.4, -0.2) is 60.4 Å². The molecule has 0 fully saturated rings. The summed E-state index contributed by atoms with van der Waals surface area (Å²) in [6.07, 6.45) is 17.0. The number of aromatic nitrogens is 12. The highest BCUT2D eigenvalue weighted by Crippen LogP contribution is 2.56. The maximum Gasteiger partial charge on any atom is 0.191 e. The van der Waals surface area contributed by atoms with E-state index in [4.69, 9.17) is 13.4 Å². The molecule has 16 rings (SSSR count). The Kier molecular flexibility index (Phi) is 27.4. The molecule has 608 valence electrons. The summed E-state index contributed by atoms with van der Waals surface area (Å²) in [4.78, 5) is 30.4. The molecule has 0 spiro atoms. The van der Waals surface area contributed by atoms with Crippen molar-refractivity contribution in [2.45, 2.75) is 443 Å². The predicted octanol–water partition coefficient (Wildman–Crippen LogP) is 25.8. The van der Waals surface area contributed by atoms with Crippen LogP contribution in [-0.2, 0) is 86.6 Å². The number of hydrogen-bond donors (Lipinski definition) is 4. The minimum Gasteiger partial charge on any atom is -0.445 e. The standard InChI is InChI=1S/3C11H17NO.C11H17NS.4C10H16N2.4C2H6/c2*1-7-12-8-9(13-7)11(4,5)6-10(8,2)3;1-7-8-9(13-12-7)11(4,5)6-10(8,2)3;1-7-12-8-9(13-7)11(4,5)6-10(8,2)3;2*1-9(2)5-10(3,4)8-7(9)11-6-12-8;2*1-9(2)6-10(3,4)8-7(9)5-11-12-8;4*1-2/h4*6H2,1-5H3;2*6H,5H2,1-4H3,(H,11,12);2*5H,6H2,1-4H3,(H,11,12);4*1-2H3. The summed E-state index contributed by atoms with van der Waals surface area (Å²) in [6, 6.07) is 0. The average Bonchev–Trinajstić information content (AvgIpc) is 1.61. The Hall–Kier alpha value is -5.90. The van der Waals surface area contributed by atoms with Gasteiger partial charge in [-0.1, -0.05) is 282 Å². The number of aromatic amines is 4. The summed E-state index contributed by atoms with van der Waals surface area (Å²) in [7, 11) is 0. The Balaban J connectivity index is 0.000000218. The molecule has 8 aliphatic rings. The van der Waals surface area contributed by atoms with Gasteiger partial charge in [-0.15, -0.1) is 11.3 Å². The number of fused-ring (bicyclic) bond motifs is 8. The molecule has 108 heavy (non-hydrogen) atoms. The van der Waals surface area contributed by atoms with Gasteiger partial charge < -0.3 is 23.3 Å². The third-order valence-electron chi connectivity index (χ3n) is 23.2. The molecule has 0 saturated heterocycles. The van der Waals surface area contributed by atoms with E-state index in [1.54, 1.807) is 0 Å². The van der Waals surface area contributed by atoms with Gasteiger partial charge in [-0.25, -0.2) is 24.9 Å². The molecule has 0 unspecified atom stereocenters. The molecule has 0 radical (unpaired) electrons. The molecular weight excluding hydrogens is 1350 g/mol. The first-order valence-electron chi connectivity index (χ1n) is 41.2. The topological polar surface area (TPSA) is 206 Å². The van der Waals surface area contributed by atoms with Crippen molar-refractivity contribution in [3.8, 4) is 0 Å². The maximum atomic E-state index is 5.67. The number of hydrogen-bond acceptors (Lipinski definition) is 12. The van der Waals surface area contributed by atoms with Crippen LogP contribution in [0, 0.1) is 27.7 Å². The van der Waals surface area contributed by atoms with E-state index in [-0.39, 0.29) is 70.4 Å². The van der Waals surface area contributed by atoms with Gasteiger partial charge in [0.15, 0.2) is 11.8 Å². The highest BCUT2D eigenvalue weighted by Gasteiger charge is 2.52. The number of oxazole rings is 2. The minimum absolute atomic E-state index is 0.153. The van der Waals surface area contributed by atoms with Crippen LogP contribution in [0.15, 0.2) is 38.4 Å². The van der Waals surface area contributed by atoms with Crippen molar-refractivity contribution in [3.05, 3.63) is 138 Å². The molecular formula is C92H156N12O3S. The lowest BCUT2D eigenvalue weighted by Crippen LogP contribution is -2.19. The fourth-order valence-corrected chi connectivity index (χ4v) is 22.3. The largest absolute Gasteiger partial charge is 0.445 e. The molecule has 8 aliphatic carbocycles. The average molecular weight is 1510 g/mol. The predicted molar refractivity (Wildman–Crippen MR) is 456 cm³/mol. The van der Waals surface area contributed by atoms with Gasteiger partial charge in [0.05, 0.1) is 64.2 Å². The van der Waals surface area contributed by atoms with E-state index in [0.29, 0.717) is 16.2 Å². The van der Waals surface area contributed by atoms with Crippen molar-refractivity contribution in [1.29, 1.82) is 0 Å². The smallest absolute Gasteiger partial charge is 0.191 e. The van der Waals surface area contributed by atoms with Gasteiger partial charge in [0.2, 0.25) is 0 Å². The van der Waals surface area contributed by atoms with Gasteiger partial charge in [-0.2, -0.15) is 10.2 Å². The van der Waals surface area contributed by atoms with E-state index in [0.717, 1.165) is 65.4 Å². The Morgan fingerprint density at radius 2 is 0.611 bits per heavy atom. The van der Waals surface area contributed by atoms with Crippen molar-refractivity contribution < 1.29 is 13.4 Å². The van der Waals surface area contributed by atoms with Gasteiger partial charge in [0.1, 0.15) is 17.3 Å². The normalized spacial score (nSPS) is 22.0. The fourth-order valence-electron chi connectivity index (χ4n) is 21.1. The fraction of sp³-hybridized carbons (Fsp3) is 0.739. The molecule has 0 bridgehead atoms. The van der Waals surface area contributed by atoms with Crippen LogP contribution in [0.4, 0.5) is 0 Å². The lowest BCUT2D eigenvalue weighted by atomic mass is 9.82. The van der Waals surface area contributed by atoms with E-state index in [9.17, 15) is 0 Å².